The Bertz CT molecular complexity index is 55.7. The second-order valence-corrected chi connectivity index (χ2v) is 3.04. The standard InChI is InChI=1S/C6H12O.C3H8/c7-5-6-3-1-2-4-6;1-3-2/h6-7H,1-5H2;3H2,1-2H3. The van der Waals surface area contributed by atoms with Crippen molar-refractivity contribution in [3.63, 3.8) is 0 Å². The van der Waals surface area contributed by atoms with Gasteiger partial charge in [0.25, 0.3) is 0 Å². The summed E-state index contributed by atoms with van der Waals surface area (Å²) in [4.78, 5) is 0. The molecule has 1 nitrogen and oxygen atoms in total. The minimum atomic E-state index is 0.417. The second kappa shape index (κ2) is 7.07. The van der Waals surface area contributed by atoms with Crippen molar-refractivity contribution in [2.24, 2.45) is 5.92 Å². The first-order valence-electron chi connectivity index (χ1n) is 4.46. The summed E-state index contributed by atoms with van der Waals surface area (Å²) in [6.45, 7) is 4.67. The Morgan fingerprint density at radius 3 is 1.80 bits per heavy atom. The molecule has 0 unspecified atom stereocenters. The van der Waals surface area contributed by atoms with E-state index in [1.165, 1.54) is 32.1 Å². The van der Waals surface area contributed by atoms with E-state index in [1.807, 2.05) is 0 Å². The molecule has 0 saturated heterocycles. The van der Waals surface area contributed by atoms with Crippen molar-refractivity contribution in [2.75, 3.05) is 6.61 Å². The summed E-state index contributed by atoms with van der Waals surface area (Å²) < 4.78 is 0. The van der Waals surface area contributed by atoms with Gasteiger partial charge in [-0.15, -0.1) is 0 Å². The number of hydrogen-bond acceptors (Lipinski definition) is 1. The quantitative estimate of drug-likeness (QED) is 0.599. The van der Waals surface area contributed by atoms with Crippen molar-refractivity contribution in [1.29, 1.82) is 0 Å². The van der Waals surface area contributed by atoms with Gasteiger partial charge >= 0.3 is 0 Å². The Morgan fingerprint density at radius 2 is 1.60 bits per heavy atom. The Kier molecular flexibility index (Phi) is 7.04. The van der Waals surface area contributed by atoms with Crippen molar-refractivity contribution < 1.29 is 5.11 Å². The summed E-state index contributed by atoms with van der Waals surface area (Å²) in [7, 11) is 0. The highest BCUT2D eigenvalue weighted by Crippen LogP contribution is 2.23. The van der Waals surface area contributed by atoms with E-state index >= 15 is 0 Å². The van der Waals surface area contributed by atoms with E-state index in [1.54, 1.807) is 0 Å². The van der Waals surface area contributed by atoms with E-state index in [4.69, 9.17) is 5.11 Å². The SMILES string of the molecule is CCC.OCC1CCCC1. The van der Waals surface area contributed by atoms with Gasteiger partial charge in [0.2, 0.25) is 0 Å². The average molecular weight is 144 g/mol. The normalized spacial score (nSPS) is 18.3. The Morgan fingerprint density at radius 1 is 1.20 bits per heavy atom. The average Bonchev–Trinajstić information content (AvgIpc) is 2.39. The molecule has 1 rings (SSSR count). The van der Waals surface area contributed by atoms with Crippen molar-refractivity contribution in [3.05, 3.63) is 0 Å². The monoisotopic (exact) mass is 144 g/mol. The van der Waals surface area contributed by atoms with Crippen LogP contribution in [-0.2, 0) is 0 Å². The topological polar surface area (TPSA) is 20.2 Å². The molecule has 1 fully saturated rings. The number of aliphatic hydroxyl groups is 1. The van der Waals surface area contributed by atoms with Crippen molar-refractivity contribution in [2.45, 2.75) is 46.0 Å². The van der Waals surface area contributed by atoms with E-state index < -0.39 is 0 Å². The lowest BCUT2D eigenvalue weighted by Crippen LogP contribution is -1.97. The molecule has 1 N–H and O–H groups in total. The molecule has 0 radical (unpaired) electrons. The molecule has 0 bridgehead atoms. The number of rotatable bonds is 1. The maximum atomic E-state index is 8.57. The summed E-state index contributed by atoms with van der Waals surface area (Å²) in [5.74, 6) is 0.653. The van der Waals surface area contributed by atoms with Crippen LogP contribution in [0.1, 0.15) is 46.0 Å². The predicted octanol–water partition coefficient (Wildman–Crippen LogP) is 2.59. The highest BCUT2D eigenvalue weighted by atomic mass is 16.3. The van der Waals surface area contributed by atoms with E-state index in [-0.39, 0.29) is 0 Å². The first-order chi connectivity index (χ1) is 4.85. The molecule has 62 valence electrons. The molecule has 1 saturated carbocycles. The molecule has 1 aliphatic rings. The lowest BCUT2D eigenvalue weighted by atomic mass is 10.1. The summed E-state index contributed by atoms with van der Waals surface area (Å²) >= 11 is 0. The van der Waals surface area contributed by atoms with Gasteiger partial charge in [-0.3, -0.25) is 0 Å². The molecule has 0 heterocycles. The minimum absolute atomic E-state index is 0.417. The maximum Gasteiger partial charge on any atom is 0.0459 e. The van der Waals surface area contributed by atoms with E-state index in [0.717, 1.165) is 0 Å². The van der Waals surface area contributed by atoms with E-state index in [2.05, 4.69) is 13.8 Å². The fourth-order valence-corrected chi connectivity index (χ4v) is 1.19. The summed E-state index contributed by atoms with van der Waals surface area (Å²) in [6, 6.07) is 0. The molecular formula is C9H20O. The lowest BCUT2D eigenvalue weighted by molar-refractivity contribution is 0.230. The van der Waals surface area contributed by atoms with Gasteiger partial charge in [-0.1, -0.05) is 33.1 Å². The molecule has 0 amide bonds. The molecule has 0 aromatic rings. The zero-order valence-electron chi connectivity index (χ0n) is 7.27. The summed E-state index contributed by atoms with van der Waals surface area (Å²) in [5.41, 5.74) is 0. The van der Waals surface area contributed by atoms with Gasteiger partial charge in [-0.2, -0.15) is 0 Å². The van der Waals surface area contributed by atoms with Gasteiger partial charge in [-0.05, 0) is 18.8 Å². The van der Waals surface area contributed by atoms with Gasteiger partial charge in [0.1, 0.15) is 0 Å². The fraction of sp³-hybridized carbons (Fsp3) is 1.00. The van der Waals surface area contributed by atoms with E-state index in [9.17, 15) is 0 Å². The van der Waals surface area contributed by atoms with Crippen molar-refractivity contribution in [1.82, 2.24) is 0 Å². The van der Waals surface area contributed by atoms with Crippen LogP contribution in [0, 0.1) is 5.92 Å². The minimum Gasteiger partial charge on any atom is -0.396 e. The molecule has 10 heavy (non-hydrogen) atoms. The highest BCUT2D eigenvalue weighted by Gasteiger charge is 2.12. The van der Waals surface area contributed by atoms with Crippen LogP contribution in [0.3, 0.4) is 0 Å². The molecule has 1 heteroatoms. The van der Waals surface area contributed by atoms with E-state index in [0.29, 0.717) is 12.5 Å². The third-order valence-corrected chi connectivity index (χ3v) is 1.73. The van der Waals surface area contributed by atoms with Gasteiger partial charge in [0.15, 0.2) is 0 Å². The first kappa shape index (κ1) is 9.96. The molecule has 0 aliphatic heterocycles. The first-order valence-corrected chi connectivity index (χ1v) is 4.46. The Balaban J connectivity index is 0.000000236. The molecule has 0 spiro atoms. The van der Waals surface area contributed by atoms with Crippen LogP contribution in [0.4, 0.5) is 0 Å². The molecule has 0 aromatic carbocycles. The third-order valence-electron chi connectivity index (χ3n) is 1.73. The Labute approximate surface area is 64.5 Å². The fourth-order valence-electron chi connectivity index (χ4n) is 1.19. The largest absolute Gasteiger partial charge is 0.396 e. The number of aliphatic hydroxyl groups excluding tert-OH is 1. The van der Waals surface area contributed by atoms with Gasteiger partial charge < -0.3 is 5.11 Å². The number of hydrogen-bond donors (Lipinski definition) is 1. The van der Waals surface area contributed by atoms with Gasteiger partial charge in [-0.25, -0.2) is 0 Å². The zero-order chi connectivity index (χ0) is 7.82. The molecule has 0 aromatic heterocycles. The maximum absolute atomic E-state index is 8.57. The highest BCUT2D eigenvalue weighted by molar-refractivity contribution is 4.64. The van der Waals surface area contributed by atoms with Crippen LogP contribution in [0.2, 0.25) is 0 Å². The predicted molar refractivity (Wildman–Crippen MR) is 45.0 cm³/mol. The second-order valence-electron chi connectivity index (χ2n) is 3.04. The van der Waals surface area contributed by atoms with Crippen LogP contribution in [0.15, 0.2) is 0 Å². The van der Waals surface area contributed by atoms with Crippen LogP contribution in [0.5, 0.6) is 0 Å². The van der Waals surface area contributed by atoms with Crippen LogP contribution in [-0.4, -0.2) is 11.7 Å². The van der Waals surface area contributed by atoms with Crippen molar-refractivity contribution >= 4 is 0 Å². The van der Waals surface area contributed by atoms with Crippen LogP contribution < -0.4 is 0 Å². The summed E-state index contributed by atoms with van der Waals surface area (Å²) in [6.07, 6.45) is 6.45. The zero-order valence-corrected chi connectivity index (χ0v) is 7.27. The molecular weight excluding hydrogens is 124 g/mol. The van der Waals surface area contributed by atoms with Gasteiger partial charge in [0, 0.05) is 6.61 Å². The lowest BCUT2D eigenvalue weighted by Gasteiger charge is -1.98. The smallest absolute Gasteiger partial charge is 0.0459 e. The molecule has 1 aliphatic carbocycles. The third kappa shape index (κ3) is 4.80. The summed E-state index contributed by atoms with van der Waals surface area (Å²) in [5, 5.41) is 8.57. The Hall–Kier alpha value is -0.0400. The van der Waals surface area contributed by atoms with Crippen LogP contribution in [0.25, 0.3) is 0 Å². The van der Waals surface area contributed by atoms with Gasteiger partial charge in [0.05, 0.1) is 0 Å². The molecule has 0 atom stereocenters. The van der Waals surface area contributed by atoms with Crippen LogP contribution >= 0.6 is 0 Å². The van der Waals surface area contributed by atoms with Crippen molar-refractivity contribution in [3.8, 4) is 0 Å².